The number of carbonyl (C=O) groups is 2. The van der Waals surface area contributed by atoms with Gasteiger partial charge >= 0.3 is 0 Å². The maximum atomic E-state index is 12.6. The van der Waals surface area contributed by atoms with Crippen molar-refractivity contribution in [3.05, 3.63) is 41.2 Å². The van der Waals surface area contributed by atoms with Gasteiger partial charge in [0, 0.05) is 41.1 Å². The van der Waals surface area contributed by atoms with Gasteiger partial charge < -0.3 is 4.79 Å². The third-order valence-corrected chi connectivity index (χ3v) is 6.21. The molecule has 138 valence electrons. The molecule has 1 saturated carbocycles. The number of fused-ring (bicyclic) bond motifs is 1. The second kappa shape index (κ2) is 7.64. The van der Waals surface area contributed by atoms with Gasteiger partial charge in [-0.2, -0.15) is 0 Å². The zero-order valence-electron chi connectivity index (χ0n) is 15.2. The largest absolute Gasteiger partial charge is 0.303 e. The topological polar surface area (TPSA) is 72.8 Å². The Kier molecular flexibility index (Phi) is 5.07. The molecule has 2 aromatic heterocycles. The maximum absolute atomic E-state index is 12.6. The molecular weight excluding hydrogens is 358 g/mol. The highest BCUT2D eigenvalue weighted by molar-refractivity contribution is 7.14. The van der Waals surface area contributed by atoms with E-state index in [0.29, 0.717) is 6.42 Å². The highest BCUT2D eigenvalue weighted by atomic mass is 32.1. The van der Waals surface area contributed by atoms with Gasteiger partial charge in [0.2, 0.25) is 0 Å². The number of pyridine rings is 1. The van der Waals surface area contributed by atoms with E-state index >= 15 is 0 Å². The molecule has 5 nitrogen and oxygen atoms in total. The number of carbonyl (C=O) groups excluding carboxylic acids is 2. The Morgan fingerprint density at radius 2 is 1.96 bits per heavy atom. The number of aryl methyl sites for hydroxylation is 1. The summed E-state index contributed by atoms with van der Waals surface area (Å²) in [6, 6.07) is 8.14. The summed E-state index contributed by atoms with van der Waals surface area (Å²) in [4.78, 5) is 28.0. The van der Waals surface area contributed by atoms with Crippen LogP contribution < -0.4 is 0 Å². The predicted octanol–water partition coefficient (Wildman–Crippen LogP) is 4.18. The molecule has 2 heterocycles. The monoisotopic (exact) mass is 379 g/mol. The maximum Gasteiger partial charge on any atom is 0.147 e. The van der Waals surface area contributed by atoms with E-state index in [1.165, 1.54) is 0 Å². The fraction of sp³-hybridized carbons (Fsp3) is 0.381. The van der Waals surface area contributed by atoms with E-state index < -0.39 is 0 Å². The molecule has 0 bridgehead atoms. The molecule has 0 unspecified atom stereocenters. The molecule has 1 aromatic carbocycles. The standard InChI is InChI=1S/C21H21N3O2S/c1-13-23-24-21(27-13)16-6-7-17-11-22-19(9-18(17)8-16)10-20(26)15-4-2-14(12-25)3-5-15/h6-9,11-12,14-15H,2-5,10H2,1H3. The van der Waals surface area contributed by atoms with E-state index in [1.54, 1.807) is 11.3 Å². The number of aldehydes is 1. The van der Waals surface area contributed by atoms with Gasteiger partial charge in [-0.3, -0.25) is 9.78 Å². The zero-order chi connectivity index (χ0) is 18.8. The van der Waals surface area contributed by atoms with Crippen molar-refractivity contribution in [2.75, 3.05) is 0 Å². The summed E-state index contributed by atoms with van der Waals surface area (Å²) in [7, 11) is 0. The minimum absolute atomic E-state index is 0.0643. The quantitative estimate of drug-likeness (QED) is 0.622. The summed E-state index contributed by atoms with van der Waals surface area (Å²) in [6.45, 7) is 1.94. The minimum Gasteiger partial charge on any atom is -0.303 e. The Morgan fingerprint density at radius 3 is 2.67 bits per heavy atom. The molecule has 1 aliphatic carbocycles. The number of rotatable bonds is 5. The van der Waals surface area contributed by atoms with Gasteiger partial charge in [0.05, 0.1) is 0 Å². The Bertz CT molecular complexity index is 990. The van der Waals surface area contributed by atoms with Crippen LogP contribution in [0.3, 0.4) is 0 Å². The lowest BCUT2D eigenvalue weighted by molar-refractivity contribution is -0.124. The van der Waals surface area contributed by atoms with Crippen LogP contribution in [-0.2, 0) is 16.0 Å². The fourth-order valence-corrected chi connectivity index (χ4v) is 4.42. The third kappa shape index (κ3) is 3.95. The number of nitrogens with zero attached hydrogens (tertiary/aromatic N) is 3. The molecule has 0 amide bonds. The first-order valence-corrected chi connectivity index (χ1v) is 10.1. The summed E-state index contributed by atoms with van der Waals surface area (Å²) in [5, 5.41) is 12.2. The molecule has 4 rings (SSSR count). The van der Waals surface area contributed by atoms with E-state index in [-0.39, 0.29) is 17.6 Å². The first-order valence-electron chi connectivity index (χ1n) is 9.29. The van der Waals surface area contributed by atoms with Crippen molar-refractivity contribution in [2.45, 2.75) is 39.0 Å². The number of benzene rings is 1. The minimum atomic E-state index is 0.0643. The second-order valence-electron chi connectivity index (χ2n) is 7.25. The average molecular weight is 379 g/mol. The molecular formula is C21H21N3O2S. The molecule has 0 spiro atoms. The zero-order valence-corrected chi connectivity index (χ0v) is 16.0. The summed E-state index contributed by atoms with van der Waals surface area (Å²) < 4.78 is 0. The number of Topliss-reactive ketones (excluding diaryl/α,β-unsaturated/α-hetero) is 1. The Labute approximate surface area is 161 Å². The van der Waals surface area contributed by atoms with Gasteiger partial charge in [-0.05, 0) is 50.1 Å². The number of hydrogen-bond acceptors (Lipinski definition) is 6. The van der Waals surface area contributed by atoms with Crippen LogP contribution in [0.15, 0.2) is 30.5 Å². The highest BCUT2D eigenvalue weighted by Gasteiger charge is 2.26. The van der Waals surface area contributed by atoms with Crippen LogP contribution >= 0.6 is 11.3 Å². The average Bonchev–Trinajstić information content (AvgIpc) is 3.14. The van der Waals surface area contributed by atoms with Crippen LogP contribution in [0.1, 0.15) is 36.4 Å². The van der Waals surface area contributed by atoms with Crippen LogP contribution in [0, 0.1) is 18.8 Å². The summed E-state index contributed by atoms with van der Waals surface area (Å²) in [5.74, 6) is 0.437. The van der Waals surface area contributed by atoms with E-state index in [2.05, 4.69) is 21.2 Å². The Morgan fingerprint density at radius 1 is 1.15 bits per heavy atom. The van der Waals surface area contributed by atoms with Crippen molar-refractivity contribution >= 4 is 34.2 Å². The predicted molar refractivity (Wildman–Crippen MR) is 106 cm³/mol. The molecule has 0 saturated heterocycles. The van der Waals surface area contributed by atoms with E-state index in [1.807, 2.05) is 31.3 Å². The van der Waals surface area contributed by atoms with Crippen molar-refractivity contribution in [1.82, 2.24) is 15.2 Å². The first kappa shape index (κ1) is 17.9. The molecule has 6 heteroatoms. The molecule has 1 aliphatic rings. The third-order valence-electron chi connectivity index (χ3n) is 5.33. The van der Waals surface area contributed by atoms with Crippen molar-refractivity contribution in [3.8, 4) is 10.6 Å². The lowest BCUT2D eigenvalue weighted by Crippen LogP contribution is -2.24. The number of hydrogen-bond donors (Lipinski definition) is 0. The fourth-order valence-electron chi connectivity index (χ4n) is 3.73. The van der Waals surface area contributed by atoms with Gasteiger partial charge in [0.25, 0.3) is 0 Å². The lowest BCUT2D eigenvalue weighted by Gasteiger charge is -2.24. The highest BCUT2D eigenvalue weighted by Crippen LogP contribution is 2.30. The molecule has 0 radical (unpaired) electrons. The SMILES string of the molecule is Cc1nnc(-c2ccc3cnc(CC(=O)C4CCC(C=O)CC4)cc3c2)s1. The molecule has 1 fully saturated rings. The molecule has 3 aromatic rings. The van der Waals surface area contributed by atoms with Crippen LogP contribution in [0.5, 0.6) is 0 Å². The van der Waals surface area contributed by atoms with Crippen molar-refractivity contribution < 1.29 is 9.59 Å². The Hall–Kier alpha value is -2.47. The van der Waals surface area contributed by atoms with Crippen molar-refractivity contribution in [3.63, 3.8) is 0 Å². The Balaban J connectivity index is 1.52. The van der Waals surface area contributed by atoms with Gasteiger partial charge in [-0.25, -0.2) is 0 Å². The summed E-state index contributed by atoms with van der Waals surface area (Å²) >= 11 is 1.57. The molecule has 0 N–H and O–H groups in total. The molecule has 27 heavy (non-hydrogen) atoms. The van der Waals surface area contributed by atoms with Crippen LogP contribution in [0.2, 0.25) is 0 Å². The smallest absolute Gasteiger partial charge is 0.147 e. The number of aromatic nitrogens is 3. The van der Waals surface area contributed by atoms with E-state index in [4.69, 9.17) is 0 Å². The van der Waals surface area contributed by atoms with Gasteiger partial charge in [-0.15, -0.1) is 10.2 Å². The first-order chi connectivity index (χ1) is 13.1. The second-order valence-corrected chi connectivity index (χ2v) is 8.44. The van der Waals surface area contributed by atoms with Gasteiger partial charge in [0.1, 0.15) is 22.1 Å². The van der Waals surface area contributed by atoms with Crippen molar-refractivity contribution in [1.29, 1.82) is 0 Å². The molecule has 0 atom stereocenters. The van der Waals surface area contributed by atoms with Gasteiger partial charge in [0.15, 0.2) is 0 Å². The number of ketones is 1. The molecule has 0 aliphatic heterocycles. The van der Waals surface area contributed by atoms with Crippen molar-refractivity contribution in [2.24, 2.45) is 11.8 Å². The van der Waals surface area contributed by atoms with Gasteiger partial charge in [-0.1, -0.05) is 23.5 Å². The van der Waals surface area contributed by atoms with E-state index in [9.17, 15) is 9.59 Å². The lowest BCUT2D eigenvalue weighted by atomic mass is 9.80. The summed E-state index contributed by atoms with van der Waals surface area (Å²) in [5.41, 5.74) is 1.83. The summed E-state index contributed by atoms with van der Waals surface area (Å²) in [6.07, 6.45) is 6.51. The van der Waals surface area contributed by atoms with Crippen LogP contribution in [0.4, 0.5) is 0 Å². The normalized spacial score (nSPS) is 19.9. The van der Waals surface area contributed by atoms with E-state index in [0.717, 1.165) is 64.0 Å². The van der Waals surface area contributed by atoms with Crippen LogP contribution in [0.25, 0.3) is 21.3 Å². The van der Waals surface area contributed by atoms with Crippen LogP contribution in [-0.4, -0.2) is 27.3 Å².